The van der Waals surface area contributed by atoms with Gasteiger partial charge in [-0.05, 0) is 31.0 Å². The van der Waals surface area contributed by atoms with Crippen LogP contribution in [0.2, 0.25) is 5.02 Å². The van der Waals surface area contributed by atoms with Crippen LogP contribution < -0.4 is 5.32 Å². The third-order valence-corrected chi connectivity index (χ3v) is 3.38. The van der Waals surface area contributed by atoms with Crippen LogP contribution in [0.4, 0.5) is 10.5 Å². The zero-order valence-corrected chi connectivity index (χ0v) is 11.2. The number of nitrogens with zero attached hydrogens (tertiary/aromatic N) is 2. The predicted molar refractivity (Wildman–Crippen MR) is 72.5 cm³/mol. The van der Waals surface area contributed by atoms with Crippen LogP contribution in [0.3, 0.4) is 0 Å². The topological polar surface area (TPSA) is 93.4 Å². The summed E-state index contributed by atoms with van der Waals surface area (Å²) in [5.74, 6) is -1.02. The van der Waals surface area contributed by atoms with Gasteiger partial charge in [-0.15, -0.1) is 0 Å². The average molecular weight is 294 g/mol. The molecular formula is C13H12ClN3O3. The van der Waals surface area contributed by atoms with E-state index in [2.05, 4.69) is 5.32 Å². The Morgan fingerprint density at radius 3 is 2.90 bits per heavy atom. The number of amides is 2. The third kappa shape index (κ3) is 2.83. The van der Waals surface area contributed by atoms with Crippen molar-refractivity contribution < 1.29 is 14.7 Å². The number of halogens is 1. The Morgan fingerprint density at radius 2 is 2.25 bits per heavy atom. The minimum atomic E-state index is -1.02. The highest BCUT2D eigenvalue weighted by Crippen LogP contribution is 2.23. The molecule has 1 aromatic rings. The van der Waals surface area contributed by atoms with Gasteiger partial charge in [0.2, 0.25) is 0 Å². The number of nitrogens with one attached hydrogen (secondary N) is 1. The summed E-state index contributed by atoms with van der Waals surface area (Å²) in [6, 6.07) is 5.10. The van der Waals surface area contributed by atoms with E-state index >= 15 is 0 Å². The molecule has 0 aliphatic carbocycles. The van der Waals surface area contributed by atoms with Gasteiger partial charge < -0.3 is 15.3 Å². The number of carbonyl (C=O) groups is 2. The van der Waals surface area contributed by atoms with Gasteiger partial charge in [0, 0.05) is 11.6 Å². The number of benzene rings is 1. The lowest BCUT2D eigenvalue weighted by Gasteiger charge is -2.22. The van der Waals surface area contributed by atoms with Gasteiger partial charge in [-0.1, -0.05) is 11.6 Å². The first-order chi connectivity index (χ1) is 9.52. The summed E-state index contributed by atoms with van der Waals surface area (Å²) in [6.07, 6.45) is 1.08. The molecule has 1 fully saturated rings. The number of nitriles is 1. The van der Waals surface area contributed by atoms with Gasteiger partial charge in [-0.2, -0.15) is 5.26 Å². The minimum Gasteiger partial charge on any atom is -0.480 e. The molecule has 1 aromatic carbocycles. The van der Waals surface area contributed by atoms with E-state index in [-0.39, 0.29) is 11.3 Å². The van der Waals surface area contributed by atoms with Gasteiger partial charge in [-0.25, -0.2) is 9.59 Å². The third-order valence-electron chi connectivity index (χ3n) is 3.14. The highest BCUT2D eigenvalue weighted by Gasteiger charge is 2.34. The number of urea groups is 1. The van der Waals surface area contributed by atoms with Gasteiger partial charge in [0.25, 0.3) is 0 Å². The van der Waals surface area contributed by atoms with Crippen LogP contribution in [0.15, 0.2) is 18.2 Å². The molecule has 0 spiro atoms. The second-order valence-electron chi connectivity index (χ2n) is 4.42. The monoisotopic (exact) mass is 293 g/mol. The minimum absolute atomic E-state index is 0.272. The fourth-order valence-corrected chi connectivity index (χ4v) is 2.34. The van der Waals surface area contributed by atoms with Crippen molar-refractivity contribution in [3.8, 4) is 6.07 Å². The van der Waals surface area contributed by atoms with E-state index < -0.39 is 18.0 Å². The molecule has 1 saturated heterocycles. The fraction of sp³-hybridized carbons (Fsp3) is 0.308. The number of rotatable bonds is 2. The van der Waals surface area contributed by atoms with E-state index in [1.165, 1.54) is 17.0 Å². The van der Waals surface area contributed by atoms with Crippen molar-refractivity contribution in [3.05, 3.63) is 28.8 Å². The molecule has 2 amide bonds. The molecule has 7 heteroatoms. The van der Waals surface area contributed by atoms with Crippen LogP contribution in [0.5, 0.6) is 0 Å². The number of hydrogen-bond acceptors (Lipinski definition) is 3. The van der Waals surface area contributed by atoms with E-state index in [4.69, 9.17) is 22.0 Å². The van der Waals surface area contributed by atoms with Crippen LogP contribution in [-0.4, -0.2) is 34.6 Å². The Hall–Kier alpha value is -2.26. The molecule has 6 nitrogen and oxygen atoms in total. The van der Waals surface area contributed by atoms with Crippen molar-refractivity contribution in [2.24, 2.45) is 0 Å². The van der Waals surface area contributed by atoms with Gasteiger partial charge >= 0.3 is 12.0 Å². The molecule has 0 saturated carbocycles. The molecule has 1 heterocycles. The standard InChI is InChI=1S/C13H12ClN3O3/c14-9-4-3-8(7-15)10(6-9)16-13(20)17-5-1-2-11(17)12(18)19/h3-4,6,11H,1-2,5H2,(H,16,20)(H,18,19)/t11-/m0/s1. The van der Waals surface area contributed by atoms with E-state index in [0.717, 1.165) is 0 Å². The molecule has 1 atom stereocenters. The first-order valence-corrected chi connectivity index (χ1v) is 6.41. The summed E-state index contributed by atoms with van der Waals surface area (Å²) in [6.45, 7) is 0.380. The SMILES string of the molecule is N#Cc1ccc(Cl)cc1NC(=O)N1CCC[C@H]1C(=O)O. The number of carboxylic acid groups (broad SMARTS) is 1. The lowest BCUT2D eigenvalue weighted by molar-refractivity contribution is -0.141. The van der Waals surface area contributed by atoms with Gasteiger partial charge in [0.05, 0.1) is 11.3 Å². The summed E-state index contributed by atoms with van der Waals surface area (Å²) >= 11 is 5.83. The fourth-order valence-electron chi connectivity index (χ4n) is 2.17. The number of hydrogen-bond donors (Lipinski definition) is 2. The largest absolute Gasteiger partial charge is 0.480 e. The van der Waals surface area contributed by atoms with E-state index in [1.54, 1.807) is 6.07 Å². The zero-order valence-electron chi connectivity index (χ0n) is 10.5. The quantitative estimate of drug-likeness (QED) is 0.875. The maximum absolute atomic E-state index is 12.1. The maximum atomic E-state index is 12.1. The van der Waals surface area contributed by atoms with Crippen molar-refractivity contribution in [2.45, 2.75) is 18.9 Å². The smallest absolute Gasteiger partial charge is 0.326 e. The summed E-state index contributed by atoms with van der Waals surface area (Å²) in [5.41, 5.74) is 0.551. The second-order valence-corrected chi connectivity index (χ2v) is 4.86. The number of carbonyl (C=O) groups excluding carboxylic acids is 1. The molecule has 20 heavy (non-hydrogen) atoms. The molecule has 0 bridgehead atoms. The molecule has 1 aliphatic rings. The number of likely N-dealkylation sites (tertiary alicyclic amines) is 1. The summed E-state index contributed by atoms with van der Waals surface area (Å²) < 4.78 is 0. The molecule has 0 unspecified atom stereocenters. The molecule has 104 valence electrons. The lowest BCUT2D eigenvalue weighted by Crippen LogP contribution is -2.42. The summed E-state index contributed by atoms with van der Waals surface area (Å²) in [7, 11) is 0. The van der Waals surface area contributed by atoms with Gasteiger partial charge in [0.15, 0.2) is 0 Å². The zero-order chi connectivity index (χ0) is 14.7. The van der Waals surface area contributed by atoms with E-state index in [0.29, 0.717) is 24.4 Å². The Morgan fingerprint density at radius 1 is 1.50 bits per heavy atom. The molecule has 0 aromatic heterocycles. The average Bonchev–Trinajstić information content (AvgIpc) is 2.88. The van der Waals surface area contributed by atoms with Crippen LogP contribution in [0.1, 0.15) is 18.4 Å². The predicted octanol–water partition coefficient (Wildman–Crippen LogP) is 2.29. The van der Waals surface area contributed by atoms with Crippen LogP contribution in [0.25, 0.3) is 0 Å². The second kappa shape index (κ2) is 5.80. The van der Waals surface area contributed by atoms with Crippen LogP contribution in [-0.2, 0) is 4.79 Å². The summed E-state index contributed by atoms with van der Waals surface area (Å²) in [5, 5.41) is 21.0. The highest BCUT2D eigenvalue weighted by atomic mass is 35.5. The van der Waals surface area contributed by atoms with Crippen molar-refractivity contribution in [1.82, 2.24) is 4.90 Å². The first kappa shape index (κ1) is 14.2. The van der Waals surface area contributed by atoms with Crippen molar-refractivity contribution >= 4 is 29.3 Å². The van der Waals surface area contributed by atoms with Gasteiger partial charge in [-0.3, -0.25) is 0 Å². The first-order valence-electron chi connectivity index (χ1n) is 6.03. The van der Waals surface area contributed by atoms with Crippen LogP contribution >= 0.6 is 11.6 Å². The van der Waals surface area contributed by atoms with Crippen molar-refractivity contribution in [3.63, 3.8) is 0 Å². The maximum Gasteiger partial charge on any atom is 0.326 e. The van der Waals surface area contributed by atoms with Crippen LogP contribution in [0, 0.1) is 11.3 Å². The normalized spacial score (nSPS) is 17.6. The molecule has 2 N–H and O–H groups in total. The Balaban J connectivity index is 2.18. The van der Waals surface area contributed by atoms with E-state index in [9.17, 15) is 9.59 Å². The highest BCUT2D eigenvalue weighted by molar-refractivity contribution is 6.31. The number of anilines is 1. The lowest BCUT2D eigenvalue weighted by atomic mass is 10.2. The molecular weight excluding hydrogens is 282 g/mol. The van der Waals surface area contributed by atoms with E-state index in [1.807, 2.05) is 6.07 Å². The van der Waals surface area contributed by atoms with Crippen molar-refractivity contribution in [1.29, 1.82) is 5.26 Å². The Bertz CT molecular complexity index is 597. The molecule has 2 rings (SSSR count). The Kier molecular flexibility index (Phi) is 4.11. The van der Waals surface area contributed by atoms with Gasteiger partial charge in [0.1, 0.15) is 12.1 Å². The van der Waals surface area contributed by atoms with Crippen molar-refractivity contribution in [2.75, 3.05) is 11.9 Å². The summed E-state index contributed by atoms with van der Waals surface area (Å²) in [4.78, 5) is 24.4. The number of aliphatic carboxylic acids is 1. The molecule has 0 radical (unpaired) electrons. The Labute approximate surface area is 120 Å². The molecule has 1 aliphatic heterocycles. The number of carboxylic acids is 1.